The molecule has 2 saturated heterocycles. The molecule has 0 saturated carbocycles. The lowest BCUT2D eigenvalue weighted by Crippen LogP contribution is -2.52. The zero-order valence-electron chi connectivity index (χ0n) is 17.3. The zero-order chi connectivity index (χ0) is 20.0. The Morgan fingerprint density at radius 2 is 1.70 bits per heavy atom. The van der Waals surface area contributed by atoms with Gasteiger partial charge >= 0.3 is 6.09 Å². The first kappa shape index (κ1) is 21.5. The smallest absolute Gasteiger partial charge is 0.410 e. The van der Waals surface area contributed by atoms with Crippen LogP contribution < -0.4 is 5.32 Å². The Balaban J connectivity index is 1.80. The fraction of sp³-hybridized carbons (Fsp3) is 0.850. The molecule has 2 aliphatic rings. The molecule has 3 amide bonds. The van der Waals surface area contributed by atoms with E-state index in [2.05, 4.69) is 5.32 Å². The number of rotatable bonds is 4. The first-order chi connectivity index (χ1) is 12.7. The third-order valence-corrected chi connectivity index (χ3v) is 5.30. The topological polar surface area (TPSA) is 79.0 Å². The fourth-order valence-corrected chi connectivity index (χ4v) is 3.80. The molecule has 7 heteroatoms. The summed E-state index contributed by atoms with van der Waals surface area (Å²) in [6, 6.07) is -0.216. The average molecular weight is 382 g/mol. The largest absolute Gasteiger partial charge is 0.444 e. The van der Waals surface area contributed by atoms with Crippen molar-refractivity contribution in [1.82, 2.24) is 15.1 Å². The molecule has 7 nitrogen and oxygen atoms in total. The normalized spacial score (nSPS) is 23.7. The van der Waals surface area contributed by atoms with Crippen LogP contribution in [0.4, 0.5) is 4.79 Å². The highest BCUT2D eigenvalue weighted by molar-refractivity contribution is 5.82. The van der Waals surface area contributed by atoms with Crippen LogP contribution in [0.1, 0.15) is 66.2 Å². The standard InChI is InChI=1S/C20H35N3O4/c1-15-16(9-8-14-23(15)19(26)27-20(2,3)4)18(25)21-11-10-17(24)22-12-6-5-7-13-22/h15-16H,5-14H2,1-4H3,(H,21,25)/t15-,16-/m1/s1. The molecule has 2 fully saturated rings. The molecule has 0 unspecified atom stereocenters. The third-order valence-electron chi connectivity index (χ3n) is 5.30. The first-order valence-corrected chi connectivity index (χ1v) is 10.2. The molecule has 2 atom stereocenters. The SMILES string of the molecule is C[C@@H]1[C@H](C(=O)NCCC(=O)N2CCCCC2)CCCN1C(=O)OC(C)(C)C. The highest BCUT2D eigenvalue weighted by Crippen LogP contribution is 2.25. The number of likely N-dealkylation sites (tertiary alicyclic amines) is 2. The molecule has 0 aromatic rings. The third kappa shape index (κ3) is 6.40. The Morgan fingerprint density at radius 1 is 1.04 bits per heavy atom. The van der Waals surface area contributed by atoms with Gasteiger partial charge < -0.3 is 19.9 Å². The fourth-order valence-electron chi connectivity index (χ4n) is 3.80. The zero-order valence-corrected chi connectivity index (χ0v) is 17.3. The van der Waals surface area contributed by atoms with E-state index in [0.717, 1.165) is 38.8 Å². The van der Waals surface area contributed by atoms with E-state index >= 15 is 0 Å². The Morgan fingerprint density at radius 3 is 2.33 bits per heavy atom. The Bertz CT molecular complexity index is 538. The predicted molar refractivity (Wildman–Crippen MR) is 103 cm³/mol. The van der Waals surface area contributed by atoms with Crippen LogP contribution in [0.3, 0.4) is 0 Å². The molecule has 154 valence electrons. The Hall–Kier alpha value is -1.79. The molecular weight excluding hydrogens is 346 g/mol. The second kappa shape index (κ2) is 9.42. The number of piperidine rings is 2. The van der Waals surface area contributed by atoms with Crippen molar-refractivity contribution < 1.29 is 19.1 Å². The summed E-state index contributed by atoms with van der Waals surface area (Å²) in [5.74, 6) is -0.236. The van der Waals surface area contributed by atoms with Crippen molar-refractivity contribution in [2.24, 2.45) is 5.92 Å². The van der Waals surface area contributed by atoms with Gasteiger partial charge in [-0.2, -0.15) is 0 Å². The maximum atomic E-state index is 12.6. The molecule has 27 heavy (non-hydrogen) atoms. The van der Waals surface area contributed by atoms with Gasteiger partial charge in [-0.1, -0.05) is 0 Å². The van der Waals surface area contributed by atoms with Gasteiger partial charge in [-0.25, -0.2) is 4.79 Å². The van der Waals surface area contributed by atoms with Gasteiger partial charge in [0.1, 0.15) is 5.60 Å². The van der Waals surface area contributed by atoms with E-state index in [0.29, 0.717) is 19.5 Å². The molecular formula is C20H35N3O4. The lowest BCUT2D eigenvalue weighted by atomic mass is 9.89. The van der Waals surface area contributed by atoms with E-state index < -0.39 is 5.60 Å². The molecule has 0 aromatic heterocycles. The molecule has 0 radical (unpaired) electrons. The van der Waals surface area contributed by atoms with Crippen LogP contribution in [-0.4, -0.2) is 65.5 Å². The number of hydrogen-bond acceptors (Lipinski definition) is 4. The van der Waals surface area contributed by atoms with Crippen LogP contribution in [0, 0.1) is 5.92 Å². The lowest BCUT2D eigenvalue weighted by Gasteiger charge is -2.39. The van der Waals surface area contributed by atoms with E-state index in [1.807, 2.05) is 32.6 Å². The Kier molecular flexibility index (Phi) is 7.50. The summed E-state index contributed by atoms with van der Waals surface area (Å²) < 4.78 is 5.46. The van der Waals surface area contributed by atoms with Gasteiger partial charge in [0.2, 0.25) is 11.8 Å². The molecule has 2 aliphatic heterocycles. The summed E-state index contributed by atoms with van der Waals surface area (Å²) >= 11 is 0. The number of nitrogens with zero attached hydrogens (tertiary/aromatic N) is 2. The quantitative estimate of drug-likeness (QED) is 0.812. The number of amides is 3. The predicted octanol–water partition coefficient (Wildman–Crippen LogP) is 2.54. The summed E-state index contributed by atoms with van der Waals surface area (Å²) in [6.45, 7) is 10.0. The molecule has 0 bridgehead atoms. The minimum atomic E-state index is -0.555. The van der Waals surface area contributed by atoms with Crippen LogP contribution in [0.25, 0.3) is 0 Å². The lowest BCUT2D eigenvalue weighted by molar-refractivity contribution is -0.132. The van der Waals surface area contributed by atoms with E-state index in [4.69, 9.17) is 4.74 Å². The number of carbonyl (C=O) groups excluding carboxylic acids is 3. The minimum absolute atomic E-state index is 0.0813. The summed E-state index contributed by atoms with van der Waals surface area (Å²) in [7, 11) is 0. The van der Waals surface area contributed by atoms with Crippen molar-refractivity contribution in [2.75, 3.05) is 26.2 Å². The minimum Gasteiger partial charge on any atom is -0.444 e. The van der Waals surface area contributed by atoms with Crippen molar-refractivity contribution in [1.29, 1.82) is 0 Å². The Labute approximate surface area is 162 Å². The molecule has 1 N–H and O–H groups in total. The molecule has 0 aromatic carbocycles. The van der Waals surface area contributed by atoms with Gasteiger partial charge in [0, 0.05) is 38.6 Å². The maximum absolute atomic E-state index is 12.6. The number of nitrogens with one attached hydrogen (secondary N) is 1. The summed E-state index contributed by atoms with van der Waals surface area (Å²) in [5, 5.41) is 2.90. The summed E-state index contributed by atoms with van der Waals surface area (Å²) in [4.78, 5) is 40.7. The highest BCUT2D eigenvalue weighted by Gasteiger charge is 2.37. The van der Waals surface area contributed by atoms with E-state index in [9.17, 15) is 14.4 Å². The molecule has 0 aliphatic carbocycles. The molecule has 0 spiro atoms. The second-order valence-corrected chi connectivity index (χ2v) is 8.65. The molecule has 2 heterocycles. The number of carbonyl (C=O) groups is 3. The van der Waals surface area contributed by atoms with Crippen LogP contribution in [0.2, 0.25) is 0 Å². The van der Waals surface area contributed by atoms with Crippen molar-refractivity contribution in [3.05, 3.63) is 0 Å². The van der Waals surface area contributed by atoms with Crippen molar-refractivity contribution in [3.8, 4) is 0 Å². The van der Waals surface area contributed by atoms with Gasteiger partial charge in [-0.05, 0) is 59.8 Å². The monoisotopic (exact) mass is 381 g/mol. The van der Waals surface area contributed by atoms with Crippen molar-refractivity contribution >= 4 is 17.9 Å². The van der Waals surface area contributed by atoms with Gasteiger partial charge in [0.25, 0.3) is 0 Å². The summed E-state index contributed by atoms with van der Waals surface area (Å²) in [5.41, 5.74) is -0.555. The van der Waals surface area contributed by atoms with Crippen LogP contribution in [0.5, 0.6) is 0 Å². The maximum Gasteiger partial charge on any atom is 0.410 e. The van der Waals surface area contributed by atoms with Crippen molar-refractivity contribution in [3.63, 3.8) is 0 Å². The van der Waals surface area contributed by atoms with Crippen LogP contribution >= 0.6 is 0 Å². The number of hydrogen-bond donors (Lipinski definition) is 1. The van der Waals surface area contributed by atoms with Gasteiger partial charge in [0.05, 0.1) is 5.92 Å². The van der Waals surface area contributed by atoms with E-state index in [-0.39, 0.29) is 29.9 Å². The van der Waals surface area contributed by atoms with Gasteiger partial charge in [0.15, 0.2) is 0 Å². The van der Waals surface area contributed by atoms with E-state index in [1.54, 1.807) is 4.90 Å². The van der Waals surface area contributed by atoms with Crippen LogP contribution in [0.15, 0.2) is 0 Å². The average Bonchev–Trinajstić information content (AvgIpc) is 2.60. The summed E-state index contributed by atoms with van der Waals surface area (Å²) in [6.07, 6.45) is 4.81. The number of ether oxygens (including phenoxy) is 1. The van der Waals surface area contributed by atoms with E-state index in [1.165, 1.54) is 6.42 Å². The highest BCUT2D eigenvalue weighted by atomic mass is 16.6. The van der Waals surface area contributed by atoms with Crippen LogP contribution in [-0.2, 0) is 14.3 Å². The van der Waals surface area contributed by atoms with Gasteiger partial charge in [-0.15, -0.1) is 0 Å². The van der Waals surface area contributed by atoms with Gasteiger partial charge in [-0.3, -0.25) is 9.59 Å². The first-order valence-electron chi connectivity index (χ1n) is 10.2. The molecule has 2 rings (SSSR count). The van der Waals surface area contributed by atoms with Crippen molar-refractivity contribution in [2.45, 2.75) is 77.9 Å². The second-order valence-electron chi connectivity index (χ2n) is 8.65.